The van der Waals surface area contributed by atoms with Crippen LogP contribution >= 0.6 is 0 Å². The zero-order valence-corrected chi connectivity index (χ0v) is 9.26. The highest BCUT2D eigenvalue weighted by Crippen LogP contribution is 1.38. The van der Waals surface area contributed by atoms with Gasteiger partial charge in [0.2, 0.25) is 0 Å². The fourth-order valence-corrected chi connectivity index (χ4v) is 0. The van der Waals surface area contributed by atoms with E-state index < -0.39 is 0 Å². The molecule has 1 heteroatoms. The van der Waals surface area contributed by atoms with E-state index in [1.165, 1.54) is 0 Å². The highest BCUT2D eigenvalue weighted by molar-refractivity contribution is 4.52. The Balaban J connectivity index is -0.0000000356. The molecular weight excluding hydrogens is 148 g/mol. The summed E-state index contributed by atoms with van der Waals surface area (Å²) in [5.74, 6) is 0. The van der Waals surface area contributed by atoms with Crippen LogP contribution in [0.1, 0.15) is 20.8 Å². The van der Waals surface area contributed by atoms with E-state index in [1.807, 2.05) is 20.8 Å². The van der Waals surface area contributed by atoms with E-state index in [-0.39, 0.29) is 0 Å². The van der Waals surface area contributed by atoms with E-state index >= 15 is 0 Å². The Morgan fingerprint density at radius 2 is 0.750 bits per heavy atom. The van der Waals surface area contributed by atoms with Crippen molar-refractivity contribution in [3.8, 4) is 0 Å². The summed E-state index contributed by atoms with van der Waals surface area (Å²) in [5, 5.41) is 0. The Kier molecular flexibility index (Phi) is 159. The molecule has 0 unspecified atom stereocenters. The van der Waals surface area contributed by atoms with E-state index in [9.17, 15) is 0 Å². The SMILES string of the molecule is C=CC.C=CC.C=CC.COC. The zero-order valence-electron chi connectivity index (χ0n) is 9.26. The summed E-state index contributed by atoms with van der Waals surface area (Å²) in [6.07, 6.45) is 5.25. The standard InChI is InChI=1S/3C3H6.C2H6O/c4*1-3-2/h3*3H,1H2,2H3;1-2H3. The van der Waals surface area contributed by atoms with Gasteiger partial charge >= 0.3 is 0 Å². The van der Waals surface area contributed by atoms with Crippen LogP contribution in [0, 0.1) is 0 Å². The van der Waals surface area contributed by atoms with Crippen LogP contribution in [0.15, 0.2) is 38.0 Å². The minimum atomic E-state index is 1.62. The van der Waals surface area contributed by atoms with Gasteiger partial charge < -0.3 is 4.74 Å². The molecule has 0 aliphatic carbocycles. The van der Waals surface area contributed by atoms with Gasteiger partial charge in [0.25, 0.3) is 0 Å². The van der Waals surface area contributed by atoms with Crippen LogP contribution in [-0.4, -0.2) is 14.2 Å². The fourth-order valence-electron chi connectivity index (χ4n) is 0. The van der Waals surface area contributed by atoms with Crippen molar-refractivity contribution in [2.45, 2.75) is 20.8 Å². The largest absolute Gasteiger partial charge is 0.388 e. The zero-order chi connectivity index (χ0) is 10.8. The molecule has 0 N–H and O–H groups in total. The number of ether oxygens (including phenoxy) is 1. The van der Waals surface area contributed by atoms with Crippen molar-refractivity contribution in [3.05, 3.63) is 38.0 Å². The maximum atomic E-state index is 4.25. The molecule has 0 aliphatic rings. The average molecular weight is 172 g/mol. The third-order valence-corrected chi connectivity index (χ3v) is 0. The van der Waals surface area contributed by atoms with E-state index in [0.717, 1.165) is 0 Å². The highest BCUT2D eigenvalue weighted by Gasteiger charge is 1.25. The Labute approximate surface area is 78.5 Å². The normalized spacial score (nSPS) is 4.75. The molecule has 0 aromatic rings. The molecule has 74 valence electrons. The second-order valence-corrected chi connectivity index (χ2v) is 1.63. The minimum Gasteiger partial charge on any atom is -0.388 e. The van der Waals surface area contributed by atoms with Crippen LogP contribution in [0.2, 0.25) is 0 Å². The Morgan fingerprint density at radius 3 is 0.750 bits per heavy atom. The van der Waals surface area contributed by atoms with Crippen LogP contribution in [0.4, 0.5) is 0 Å². The van der Waals surface area contributed by atoms with Gasteiger partial charge in [-0.25, -0.2) is 0 Å². The maximum absolute atomic E-state index is 4.25. The van der Waals surface area contributed by atoms with E-state index in [4.69, 9.17) is 0 Å². The number of hydrogen-bond donors (Lipinski definition) is 0. The fraction of sp³-hybridized carbons (Fsp3) is 0.455. The third kappa shape index (κ3) is 914. The summed E-state index contributed by atoms with van der Waals surface area (Å²) in [6.45, 7) is 15.8. The quantitative estimate of drug-likeness (QED) is 0.504. The molecule has 0 radical (unpaired) electrons. The lowest BCUT2D eigenvalue weighted by Gasteiger charge is -1.61. The molecule has 0 saturated heterocycles. The van der Waals surface area contributed by atoms with Gasteiger partial charge in [0, 0.05) is 14.2 Å². The van der Waals surface area contributed by atoms with Crippen molar-refractivity contribution in [1.82, 2.24) is 0 Å². The van der Waals surface area contributed by atoms with E-state index in [0.29, 0.717) is 0 Å². The molecule has 0 atom stereocenters. The second kappa shape index (κ2) is 84.8. The van der Waals surface area contributed by atoms with Gasteiger partial charge in [0.05, 0.1) is 0 Å². The number of rotatable bonds is 0. The first-order valence-corrected chi connectivity index (χ1v) is 3.77. The molecule has 0 aromatic carbocycles. The lowest BCUT2D eigenvalue weighted by atomic mass is 10.8. The first kappa shape index (κ1) is 22.5. The smallest absolute Gasteiger partial charge is 0.0351 e. The number of allylic oxidation sites excluding steroid dienone is 3. The van der Waals surface area contributed by atoms with E-state index in [1.54, 1.807) is 32.4 Å². The second-order valence-electron chi connectivity index (χ2n) is 1.63. The predicted molar refractivity (Wildman–Crippen MR) is 60.5 cm³/mol. The van der Waals surface area contributed by atoms with Gasteiger partial charge in [0.1, 0.15) is 0 Å². The topological polar surface area (TPSA) is 9.23 Å². The molecule has 0 heterocycles. The molecule has 0 fully saturated rings. The number of methoxy groups -OCH3 is 1. The molecule has 0 rings (SSSR count). The monoisotopic (exact) mass is 172 g/mol. The van der Waals surface area contributed by atoms with Crippen LogP contribution in [0.3, 0.4) is 0 Å². The van der Waals surface area contributed by atoms with Crippen molar-refractivity contribution in [3.63, 3.8) is 0 Å². The van der Waals surface area contributed by atoms with Gasteiger partial charge in [-0.1, -0.05) is 18.2 Å². The first-order chi connectivity index (χ1) is 5.66. The Morgan fingerprint density at radius 1 is 0.750 bits per heavy atom. The van der Waals surface area contributed by atoms with Crippen molar-refractivity contribution >= 4 is 0 Å². The van der Waals surface area contributed by atoms with Gasteiger partial charge in [-0.2, -0.15) is 0 Å². The molecule has 0 bridgehead atoms. The summed E-state index contributed by atoms with van der Waals surface area (Å²) in [5.41, 5.74) is 0. The molecule has 0 aliphatic heterocycles. The van der Waals surface area contributed by atoms with Crippen molar-refractivity contribution in [1.29, 1.82) is 0 Å². The summed E-state index contributed by atoms with van der Waals surface area (Å²) in [4.78, 5) is 0. The minimum absolute atomic E-state index is 1.62. The van der Waals surface area contributed by atoms with Gasteiger partial charge in [-0.15, -0.1) is 19.7 Å². The van der Waals surface area contributed by atoms with Crippen LogP contribution in [-0.2, 0) is 4.74 Å². The van der Waals surface area contributed by atoms with E-state index in [2.05, 4.69) is 24.5 Å². The molecule has 0 aromatic heterocycles. The molecular formula is C11H24O. The maximum Gasteiger partial charge on any atom is 0.0351 e. The van der Waals surface area contributed by atoms with Crippen LogP contribution in [0.25, 0.3) is 0 Å². The Hall–Kier alpha value is -0.820. The lowest BCUT2D eigenvalue weighted by molar-refractivity contribution is 0.277. The van der Waals surface area contributed by atoms with Crippen molar-refractivity contribution in [2.75, 3.05) is 14.2 Å². The molecule has 0 amide bonds. The average Bonchev–Trinajstić information content (AvgIpc) is 1.92. The van der Waals surface area contributed by atoms with Crippen LogP contribution in [0.5, 0.6) is 0 Å². The summed E-state index contributed by atoms with van der Waals surface area (Å²) < 4.78 is 4.25. The Bertz CT molecular complexity index is 51.1. The third-order valence-electron chi connectivity index (χ3n) is 0. The first-order valence-electron chi connectivity index (χ1n) is 3.77. The molecule has 1 nitrogen and oxygen atoms in total. The van der Waals surface area contributed by atoms with Crippen molar-refractivity contribution < 1.29 is 4.74 Å². The summed E-state index contributed by atoms with van der Waals surface area (Å²) >= 11 is 0. The molecule has 0 spiro atoms. The predicted octanol–water partition coefficient (Wildman–Crippen LogP) is 3.84. The molecule has 12 heavy (non-hydrogen) atoms. The molecule has 0 saturated carbocycles. The van der Waals surface area contributed by atoms with Gasteiger partial charge in [-0.3, -0.25) is 0 Å². The summed E-state index contributed by atoms with van der Waals surface area (Å²) in [7, 11) is 3.25. The number of hydrogen-bond acceptors (Lipinski definition) is 1. The summed E-state index contributed by atoms with van der Waals surface area (Å²) in [6, 6.07) is 0. The highest BCUT2D eigenvalue weighted by atomic mass is 16.4. The van der Waals surface area contributed by atoms with Gasteiger partial charge in [-0.05, 0) is 20.8 Å². The lowest BCUT2D eigenvalue weighted by Crippen LogP contribution is -1.55. The van der Waals surface area contributed by atoms with Gasteiger partial charge in [0.15, 0.2) is 0 Å². The van der Waals surface area contributed by atoms with Crippen LogP contribution < -0.4 is 0 Å². The van der Waals surface area contributed by atoms with Crippen molar-refractivity contribution in [2.24, 2.45) is 0 Å².